The first-order valence-corrected chi connectivity index (χ1v) is 8.59. The maximum atomic E-state index is 12.3. The summed E-state index contributed by atoms with van der Waals surface area (Å²) in [6.45, 7) is 7.96. The molecule has 0 saturated carbocycles. The number of amides is 2. The summed E-state index contributed by atoms with van der Waals surface area (Å²) in [7, 11) is 1.73. The lowest BCUT2D eigenvalue weighted by Gasteiger charge is -2.17. The number of hydrogen-bond acceptors (Lipinski definition) is 5. The number of rotatable bonds is 6. The Hall–Kier alpha value is -2.70. The number of aryl methyl sites for hydroxylation is 1. The standard InChI is InChI=1S/C19H26N4O3/c1-13(24)23(5)12-14-8-6-7-9-15(14)20-16(25)10-11-17-21-18(22-26-17)19(2,3)4/h6-9H,10-12H2,1-5H3,(H,20,25). The number of nitrogens with one attached hydrogen (secondary N) is 1. The van der Waals surface area contributed by atoms with Crippen LogP contribution in [0.1, 0.15) is 51.4 Å². The molecule has 2 amide bonds. The molecule has 7 nitrogen and oxygen atoms in total. The minimum absolute atomic E-state index is 0.0304. The predicted octanol–water partition coefficient (Wildman–Crippen LogP) is 2.92. The summed E-state index contributed by atoms with van der Waals surface area (Å²) in [5.74, 6) is 0.913. The van der Waals surface area contributed by atoms with Gasteiger partial charge in [0.05, 0.1) is 0 Å². The van der Waals surface area contributed by atoms with Crippen molar-refractivity contribution in [3.63, 3.8) is 0 Å². The number of benzene rings is 1. The first-order chi connectivity index (χ1) is 12.2. The van der Waals surface area contributed by atoms with E-state index < -0.39 is 0 Å². The molecule has 1 N–H and O–H groups in total. The molecule has 0 fully saturated rings. The van der Waals surface area contributed by atoms with E-state index in [0.29, 0.717) is 30.4 Å². The van der Waals surface area contributed by atoms with Crippen LogP contribution in [0.15, 0.2) is 28.8 Å². The van der Waals surface area contributed by atoms with Gasteiger partial charge in [0.25, 0.3) is 0 Å². The summed E-state index contributed by atoms with van der Waals surface area (Å²) in [5.41, 5.74) is 1.39. The Kier molecular flexibility index (Phi) is 6.13. The molecule has 2 rings (SSSR count). The quantitative estimate of drug-likeness (QED) is 0.858. The number of aromatic nitrogens is 2. The van der Waals surface area contributed by atoms with E-state index in [0.717, 1.165) is 5.56 Å². The highest BCUT2D eigenvalue weighted by atomic mass is 16.5. The van der Waals surface area contributed by atoms with Crippen LogP contribution in [0, 0.1) is 0 Å². The fraction of sp³-hybridized carbons (Fsp3) is 0.474. The maximum Gasteiger partial charge on any atom is 0.227 e. The monoisotopic (exact) mass is 358 g/mol. The van der Waals surface area contributed by atoms with Gasteiger partial charge in [0, 0.05) is 44.5 Å². The van der Waals surface area contributed by atoms with E-state index in [1.165, 1.54) is 6.92 Å². The first kappa shape index (κ1) is 19.6. The van der Waals surface area contributed by atoms with Crippen molar-refractivity contribution < 1.29 is 14.1 Å². The Morgan fingerprint density at radius 2 is 1.92 bits per heavy atom. The molecule has 0 aliphatic heterocycles. The molecule has 0 aliphatic carbocycles. The van der Waals surface area contributed by atoms with Gasteiger partial charge < -0.3 is 14.7 Å². The molecule has 140 valence electrons. The first-order valence-electron chi connectivity index (χ1n) is 8.59. The highest BCUT2D eigenvalue weighted by molar-refractivity contribution is 5.91. The van der Waals surface area contributed by atoms with Crippen molar-refractivity contribution in [1.29, 1.82) is 0 Å². The van der Waals surface area contributed by atoms with Gasteiger partial charge in [-0.15, -0.1) is 0 Å². The highest BCUT2D eigenvalue weighted by Gasteiger charge is 2.21. The summed E-state index contributed by atoms with van der Waals surface area (Å²) in [6, 6.07) is 7.44. The van der Waals surface area contributed by atoms with Gasteiger partial charge in [-0.1, -0.05) is 44.1 Å². The zero-order valence-corrected chi connectivity index (χ0v) is 16.0. The number of carbonyl (C=O) groups is 2. The van der Waals surface area contributed by atoms with Crippen LogP contribution in [-0.2, 0) is 28.0 Å². The lowest BCUT2D eigenvalue weighted by atomic mass is 9.96. The van der Waals surface area contributed by atoms with Crippen LogP contribution in [0.5, 0.6) is 0 Å². The van der Waals surface area contributed by atoms with Gasteiger partial charge in [0.15, 0.2) is 5.82 Å². The van der Waals surface area contributed by atoms with Crippen LogP contribution in [0.25, 0.3) is 0 Å². The number of hydrogen-bond donors (Lipinski definition) is 1. The fourth-order valence-electron chi connectivity index (χ4n) is 2.24. The topological polar surface area (TPSA) is 88.3 Å². The van der Waals surface area contributed by atoms with Gasteiger partial charge in [-0.05, 0) is 11.6 Å². The lowest BCUT2D eigenvalue weighted by Crippen LogP contribution is -2.24. The number of anilines is 1. The van der Waals surface area contributed by atoms with Crippen LogP contribution >= 0.6 is 0 Å². The van der Waals surface area contributed by atoms with Crippen LogP contribution in [-0.4, -0.2) is 33.9 Å². The SMILES string of the molecule is CC(=O)N(C)Cc1ccccc1NC(=O)CCc1nc(C(C)(C)C)no1. The molecule has 0 unspecified atom stereocenters. The smallest absolute Gasteiger partial charge is 0.227 e. The van der Waals surface area contributed by atoms with Crippen molar-refractivity contribution in [2.24, 2.45) is 0 Å². The Morgan fingerprint density at radius 1 is 1.23 bits per heavy atom. The van der Waals surface area contributed by atoms with E-state index in [4.69, 9.17) is 4.52 Å². The summed E-state index contributed by atoms with van der Waals surface area (Å²) in [4.78, 5) is 29.6. The van der Waals surface area contributed by atoms with Crippen LogP contribution < -0.4 is 5.32 Å². The molecule has 1 aromatic carbocycles. The number of carbonyl (C=O) groups excluding carboxylic acids is 2. The third kappa shape index (κ3) is 5.40. The predicted molar refractivity (Wildman–Crippen MR) is 98.5 cm³/mol. The van der Waals surface area contributed by atoms with Crippen molar-refractivity contribution in [3.8, 4) is 0 Å². The minimum atomic E-state index is -0.189. The molecule has 0 radical (unpaired) electrons. The van der Waals surface area contributed by atoms with Crippen LogP contribution in [0.4, 0.5) is 5.69 Å². The fourth-order valence-corrected chi connectivity index (χ4v) is 2.24. The van der Waals surface area contributed by atoms with Crippen molar-refractivity contribution in [2.45, 2.75) is 52.5 Å². The lowest BCUT2D eigenvalue weighted by molar-refractivity contribution is -0.128. The van der Waals surface area contributed by atoms with E-state index in [1.807, 2.05) is 45.0 Å². The van der Waals surface area contributed by atoms with Gasteiger partial charge in [0.2, 0.25) is 17.7 Å². The van der Waals surface area contributed by atoms with Crippen molar-refractivity contribution >= 4 is 17.5 Å². The summed E-state index contributed by atoms with van der Waals surface area (Å²) < 4.78 is 5.21. The Balaban J connectivity index is 1.96. The Morgan fingerprint density at radius 3 is 2.54 bits per heavy atom. The van der Waals surface area contributed by atoms with Gasteiger partial charge in [-0.3, -0.25) is 9.59 Å². The molecule has 1 aromatic heterocycles. The number of nitrogens with zero attached hydrogens (tertiary/aromatic N) is 3. The molecule has 0 atom stereocenters. The molecule has 7 heteroatoms. The average molecular weight is 358 g/mol. The third-order valence-corrected chi connectivity index (χ3v) is 3.94. The third-order valence-electron chi connectivity index (χ3n) is 3.94. The minimum Gasteiger partial charge on any atom is -0.342 e. The average Bonchev–Trinajstić information content (AvgIpc) is 3.04. The van der Waals surface area contributed by atoms with E-state index in [2.05, 4.69) is 15.5 Å². The Labute approximate surface area is 153 Å². The number of para-hydroxylation sites is 1. The molecule has 2 aromatic rings. The summed E-state index contributed by atoms with van der Waals surface area (Å²) >= 11 is 0. The molecule has 0 saturated heterocycles. The normalized spacial score (nSPS) is 11.3. The molecule has 26 heavy (non-hydrogen) atoms. The Bertz CT molecular complexity index is 777. The van der Waals surface area contributed by atoms with E-state index in [1.54, 1.807) is 11.9 Å². The van der Waals surface area contributed by atoms with Crippen LogP contribution in [0.3, 0.4) is 0 Å². The van der Waals surface area contributed by atoms with Gasteiger partial charge in [-0.25, -0.2) is 0 Å². The second-order valence-electron chi connectivity index (χ2n) is 7.34. The molecule has 1 heterocycles. The highest BCUT2D eigenvalue weighted by Crippen LogP contribution is 2.20. The van der Waals surface area contributed by atoms with Crippen LogP contribution in [0.2, 0.25) is 0 Å². The van der Waals surface area contributed by atoms with Gasteiger partial charge in [-0.2, -0.15) is 4.98 Å². The van der Waals surface area contributed by atoms with Crippen molar-refractivity contribution in [2.75, 3.05) is 12.4 Å². The van der Waals surface area contributed by atoms with E-state index >= 15 is 0 Å². The van der Waals surface area contributed by atoms with Gasteiger partial charge >= 0.3 is 0 Å². The summed E-state index contributed by atoms with van der Waals surface area (Å²) in [6.07, 6.45) is 0.618. The molecular weight excluding hydrogens is 332 g/mol. The second kappa shape index (κ2) is 8.12. The molecule has 0 aliphatic rings. The molecular formula is C19H26N4O3. The van der Waals surface area contributed by atoms with Crippen molar-refractivity contribution in [3.05, 3.63) is 41.5 Å². The van der Waals surface area contributed by atoms with E-state index in [9.17, 15) is 9.59 Å². The molecule has 0 bridgehead atoms. The summed E-state index contributed by atoms with van der Waals surface area (Å²) in [5, 5.41) is 6.85. The largest absolute Gasteiger partial charge is 0.342 e. The second-order valence-corrected chi connectivity index (χ2v) is 7.34. The zero-order valence-electron chi connectivity index (χ0n) is 16.0. The zero-order chi connectivity index (χ0) is 19.3. The maximum absolute atomic E-state index is 12.3. The van der Waals surface area contributed by atoms with E-state index in [-0.39, 0.29) is 23.7 Å². The van der Waals surface area contributed by atoms with Gasteiger partial charge in [0.1, 0.15) is 0 Å². The van der Waals surface area contributed by atoms with Crippen molar-refractivity contribution in [1.82, 2.24) is 15.0 Å². The molecule has 0 spiro atoms.